The fourth-order valence-corrected chi connectivity index (χ4v) is 1.30. The van der Waals surface area contributed by atoms with E-state index >= 15 is 0 Å². The van der Waals surface area contributed by atoms with Gasteiger partial charge < -0.3 is 10.5 Å². The van der Waals surface area contributed by atoms with Crippen molar-refractivity contribution in [1.29, 1.82) is 0 Å². The first-order valence-corrected chi connectivity index (χ1v) is 5.85. The molecule has 0 fully saturated rings. The van der Waals surface area contributed by atoms with Crippen molar-refractivity contribution in [2.75, 3.05) is 0 Å². The second-order valence-corrected chi connectivity index (χ2v) is 5.51. The van der Waals surface area contributed by atoms with Crippen LogP contribution in [0.2, 0.25) is 5.02 Å². The fourth-order valence-electron chi connectivity index (χ4n) is 1.18. The van der Waals surface area contributed by atoms with Gasteiger partial charge in [0.05, 0.1) is 0 Å². The first-order valence-electron chi connectivity index (χ1n) is 5.47. The van der Waals surface area contributed by atoms with E-state index in [9.17, 15) is 4.79 Å². The lowest BCUT2D eigenvalue weighted by Gasteiger charge is -2.24. The Balaban J connectivity index is 2.51. The second kappa shape index (κ2) is 5.52. The Kier molecular flexibility index (Phi) is 4.54. The Morgan fingerprint density at radius 1 is 1.35 bits per heavy atom. The van der Waals surface area contributed by atoms with Crippen LogP contribution < -0.4 is 5.73 Å². The molecule has 0 heterocycles. The minimum atomic E-state index is -0.616. The molecular formula is C13H18ClNO2. The lowest BCUT2D eigenvalue weighted by atomic mass is 9.87. The standard InChI is InChI=1S/C13H18ClNO2/c1-13(2,3)11(15)12(16)17-8-9-4-6-10(14)7-5-9/h4-7,11H,8,15H2,1-3H3/t11-/m1/s1. The number of rotatable bonds is 3. The van der Waals surface area contributed by atoms with Crippen LogP contribution in [0.15, 0.2) is 24.3 Å². The maximum absolute atomic E-state index is 11.7. The molecule has 0 aromatic heterocycles. The molecule has 0 amide bonds. The van der Waals surface area contributed by atoms with Crippen LogP contribution in [0.4, 0.5) is 0 Å². The average molecular weight is 256 g/mol. The van der Waals surface area contributed by atoms with Crippen LogP contribution in [0.1, 0.15) is 26.3 Å². The van der Waals surface area contributed by atoms with Crippen LogP contribution in [-0.4, -0.2) is 12.0 Å². The van der Waals surface area contributed by atoms with E-state index < -0.39 is 6.04 Å². The number of benzene rings is 1. The number of halogens is 1. The summed E-state index contributed by atoms with van der Waals surface area (Å²) < 4.78 is 5.15. The Hall–Kier alpha value is -1.06. The SMILES string of the molecule is CC(C)(C)[C@H](N)C(=O)OCc1ccc(Cl)cc1. The minimum Gasteiger partial charge on any atom is -0.460 e. The third-order valence-corrected chi connectivity index (χ3v) is 2.73. The van der Waals surface area contributed by atoms with Gasteiger partial charge in [-0.1, -0.05) is 44.5 Å². The lowest BCUT2D eigenvalue weighted by Crippen LogP contribution is -2.43. The summed E-state index contributed by atoms with van der Waals surface area (Å²) in [6, 6.07) is 6.54. The quantitative estimate of drug-likeness (QED) is 0.845. The molecule has 0 saturated heterocycles. The summed E-state index contributed by atoms with van der Waals surface area (Å²) in [4.78, 5) is 11.7. The molecule has 0 bridgehead atoms. The zero-order valence-corrected chi connectivity index (χ0v) is 11.1. The van der Waals surface area contributed by atoms with Crippen molar-refractivity contribution in [2.24, 2.45) is 11.1 Å². The molecule has 94 valence electrons. The van der Waals surface area contributed by atoms with Gasteiger partial charge in [0.25, 0.3) is 0 Å². The summed E-state index contributed by atoms with van der Waals surface area (Å²) in [7, 11) is 0. The molecule has 0 aliphatic heterocycles. The van der Waals surface area contributed by atoms with Gasteiger partial charge in [0.2, 0.25) is 0 Å². The van der Waals surface area contributed by atoms with E-state index in [1.807, 2.05) is 32.9 Å². The van der Waals surface area contributed by atoms with Gasteiger partial charge in [-0.05, 0) is 23.1 Å². The zero-order valence-electron chi connectivity index (χ0n) is 10.4. The smallest absolute Gasteiger partial charge is 0.323 e. The Bertz CT molecular complexity index is 381. The van der Waals surface area contributed by atoms with Gasteiger partial charge in [-0.3, -0.25) is 4.79 Å². The van der Waals surface area contributed by atoms with Crippen LogP contribution >= 0.6 is 11.6 Å². The second-order valence-electron chi connectivity index (χ2n) is 5.08. The van der Waals surface area contributed by atoms with Crippen LogP contribution in [0.25, 0.3) is 0 Å². The van der Waals surface area contributed by atoms with E-state index in [2.05, 4.69) is 0 Å². The lowest BCUT2D eigenvalue weighted by molar-refractivity contribution is -0.149. The van der Waals surface area contributed by atoms with Gasteiger partial charge in [0.1, 0.15) is 12.6 Å². The number of carbonyl (C=O) groups excluding carboxylic acids is 1. The van der Waals surface area contributed by atoms with Gasteiger partial charge >= 0.3 is 5.97 Å². The predicted molar refractivity (Wildman–Crippen MR) is 68.7 cm³/mol. The summed E-state index contributed by atoms with van der Waals surface area (Å²) in [5.74, 6) is -0.382. The number of ether oxygens (including phenoxy) is 1. The predicted octanol–water partition coefficient (Wildman–Crippen LogP) is 2.76. The molecule has 17 heavy (non-hydrogen) atoms. The van der Waals surface area contributed by atoms with E-state index in [-0.39, 0.29) is 18.0 Å². The highest BCUT2D eigenvalue weighted by Gasteiger charge is 2.28. The van der Waals surface area contributed by atoms with E-state index in [0.29, 0.717) is 5.02 Å². The molecule has 0 aliphatic carbocycles. The molecule has 0 unspecified atom stereocenters. The summed E-state index contributed by atoms with van der Waals surface area (Å²) in [6.45, 7) is 5.93. The van der Waals surface area contributed by atoms with Gasteiger partial charge in [-0.2, -0.15) is 0 Å². The first-order chi connectivity index (χ1) is 7.80. The molecule has 4 heteroatoms. The maximum atomic E-state index is 11.7. The van der Waals surface area contributed by atoms with Gasteiger partial charge in [-0.15, -0.1) is 0 Å². The minimum absolute atomic E-state index is 0.222. The van der Waals surface area contributed by atoms with Crippen molar-refractivity contribution in [1.82, 2.24) is 0 Å². The number of hydrogen-bond donors (Lipinski definition) is 1. The van der Waals surface area contributed by atoms with Crippen molar-refractivity contribution in [3.8, 4) is 0 Å². The topological polar surface area (TPSA) is 52.3 Å². The van der Waals surface area contributed by atoms with Crippen molar-refractivity contribution in [3.63, 3.8) is 0 Å². The summed E-state index contributed by atoms with van der Waals surface area (Å²) in [5, 5.41) is 0.659. The van der Waals surface area contributed by atoms with Crippen molar-refractivity contribution in [3.05, 3.63) is 34.9 Å². The summed E-state index contributed by atoms with van der Waals surface area (Å²) >= 11 is 5.76. The highest BCUT2D eigenvalue weighted by Crippen LogP contribution is 2.19. The van der Waals surface area contributed by atoms with Gasteiger partial charge in [-0.25, -0.2) is 0 Å². The molecule has 0 radical (unpaired) electrons. The molecular weight excluding hydrogens is 238 g/mol. The largest absolute Gasteiger partial charge is 0.460 e. The van der Waals surface area contributed by atoms with Crippen LogP contribution in [-0.2, 0) is 16.1 Å². The molecule has 0 spiro atoms. The molecule has 0 aliphatic rings. The Morgan fingerprint density at radius 2 is 1.88 bits per heavy atom. The van der Waals surface area contributed by atoms with Crippen LogP contribution in [0, 0.1) is 5.41 Å². The van der Waals surface area contributed by atoms with E-state index in [1.54, 1.807) is 12.1 Å². The zero-order chi connectivity index (χ0) is 13.1. The number of hydrogen-bond acceptors (Lipinski definition) is 3. The molecule has 1 atom stereocenters. The number of carbonyl (C=O) groups is 1. The molecule has 0 saturated carbocycles. The van der Waals surface area contributed by atoms with Crippen LogP contribution in [0.5, 0.6) is 0 Å². The van der Waals surface area contributed by atoms with Crippen molar-refractivity contribution >= 4 is 17.6 Å². The normalized spacial score (nSPS) is 13.2. The van der Waals surface area contributed by atoms with E-state index in [1.165, 1.54) is 0 Å². The fraction of sp³-hybridized carbons (Fsp3) is 0.462. The maximum Gasteiger partial charge on any atom is 0.323 e. The number of esters is 1. The Morgan fingerprint density at radius 3 is 2.35 bits per heavy atom. The van der Waals surface area contributed by atoms with Gasteiger partial charge in [0, 0.05) is 5.02 Å². The molecule has 1 aromatic rings. The van der Waals surface area contributed by atoms with Gasteiger partial charge in [0.15, 0.2) is 0 Å². The Labute approximate surface area is 107 Å². The van der Waals surface area contributed by atoms with Crippen molar-refractivity contribution in [2.45, 2.75) is 33.4 Å². The third kappa shape index (κ3) is 4.36. The summed E-state index contributed by atoms with van der Waals surface area (Å²) in [6.07, 6.45) is 0. The molecule has 3 nitrogen and oxygen atoms in total. The van der Waals surface area contributed by atoms with Crippen LogP contribution in [0.3, 0.4) is 0 Å². The highest BCUT2D eigenvalue weighted by atomic mass is 35.5. The highest BCUT2D eigenvalue weighted by molar-refractivity contribution is 6.30. The number of nitrogens with two attached hydrogens (primary N) is 1. The van der Waals surface area contributed by atoms with E-state index in [4.69, 9.17) is 22.1 Å². The van der Waals surface area contributed by atoms with E-state index in [0.717, 1.165) is 5.56 Å². The molecule has 2 N–H and O–H groups in total. The monoisotopic (exact) mass is 255 g/mol. The van der Waals surface area contributed by atoms with Crippen molar-refractivity contribution < 1.29 is 9.53 Å². The molecule has 1 aromatic carbocycles. The molecule has 1 rings (SSSR count). The average Bonchev–Trinajstić information content (AvgIpc) is 2.25. The summed E-state index contributed by atoms with van der Waals surface area (Å²) in [5.41, 5.74) is 6.38. The third-order valence-electron chi connectivity index (χ3n) is 2.48. The first kappa shape index (κ1) is 14.0.